The maximum absolute atomic E-state index is 14.3. The molecule has 1 fully saturated rings. The highest BCUT2D eigenvalue weighted by molar-refractivity contribution is 8.77. The Morgan fingerprint density at radius 1 is 1.21 bits per heavy atom. The Morgan fingerprint density at radius 3 is 2.79 bits per heavy atom. The van der Waals surface area contributed by atoms with Gasteiger partial charge in [-0.15, -0.1) is 0 Å². The van der Waals surface area contributed by atoms with Crippen LogP contribution in [-0.4, -0.2) is 93.1 Å². The van der Waals surface area contributed by atoms with E-state index < -0.39 is 28.7 Å². The molecule has 1 amide bonds. The van der Waals surface area contributed by atoms with E-state index in [4.69, 9.17) is 19.6 Å². The average Bonchev–Trinajstić information content (AvgIpc) is 3.55. The van der Waals surface area contributed by atoms with Crippen LogP contribution < -0.4 is 21.4 Å². The molecule has 5 N–H and O–H groups in total. The van der Waals surface area contributed by atoms with Crippen LogP contribution >= 0.6 is 21.6 Å². The number of hydrogen-bond acceptors (Lipinski definition) is 13. The number of amides is 1. The van der Waals surface area contributed by atoms with Gasteiger partial charge in [-0.05, 0) is 81.5 Å². The first kappa shape index (κ1) is 39.7. The molecule has 3 aliphatic heterocycles. The van der Waals surface area contributed by atoms with Crippen LogP contribution in [0.2, 0.25) is 0 Å². The van der Waals surface area contributed by atoms with E-state index in [1.807, 2.05) is 31.0 Å². The van der Waals surface area contributed by atoms with Gasteiger partial charge in [-0.25, -0.2) is 14.6 Å². The summed E-state index contributed by atoms with van der Waals surface area (Å²) in [5.74, 6) is 0.528. The van der Waals surface area contributed by atoms with E-state index in [1.165, 1.54) is 0 Å². The Hall–Kier alpha value is -4.08. The number of hydrogen-bond donors (Lipinski definition) is 4. The normalized spacial score (nSPS) is 29.8. The lowest BCUT2D eigenvalue weighted by Crippen LogP contribution is -2.68. The summed E-state index contributed by atoms with van der Waals surface area (Å²) >= 11 is 0. The number of anilines is 1. The number of nitrogens with one attached hydrogen (secondary N) is 1. The Bertz CT molecular complexity index is 2260. The monoisotopic (exact) mass is 814 g/mol. The number of carbonyl (C=O) groups excluding carboxylic acids is 2. The third-order valence-corrected chi connectivity index (χ3v) is 15.5. The Morgan fingerprint density at radius 2 is 2.04 bits per heavy atom. The second-order valence-corrected chi connectivity index (χ2v) is 18.8. The van der Waals surface area contributed by atoms with Crippen LogP contribution in [-0.2, 0) is 33.6 Å². The van der Waals surface area contributed by atoms with Crippen molar-refractivity contribution in [2.24, 2.45) is 11.8 Å². The molecule has 302 valence electrons. The molecule has 5 aliphatic rings. The molecule has 2 aliphatic carbocycles. The van der Waals surface area contributed by atoms with Crippen LogP contribution in [0, 0.1) is 11.8 Å². The average molecular weight is 815 g/mol. The number of rotatable bonds is 8. The number of aliphatic hydroxyl groups is 2. The van der Waals surface area contributed by atoms with Gasteiger partial charge < -0.3 is 40.1 Å². The number of aliphatic hydroxyl groups excluding tert-OH is 2. The number of nitrogens with zero attached hydrogens (tertiary/aromatic N) is 2. The molecular formula is C43H50N4O8S2. The minimum atomic E-state index is -1.22. The molecule has 0 radical (unpaired) electrons. The molecule has 0 unspecified atom stereocenters. The SMILES string of the molecule is C/C=C(\C)C(=O)O[C@]1(C)CC=C2CSS[C@@H]3C=C[C@H](NC)[C@H]4CN(C(=O)Cc5cnc(N)cc5[C@H]2[C@]12Cc1cc5cc(C[C@H](CO)CCO)c(=O)oc5cc1O2)[C@H]43. The molecule has 1 aromatic carbocycles. The number of fused-ring (bicyclic) bond motifs is 6. The van der Waals surface area contributed by atoms with Crippen molar-refractivity contribution in [1.82, 2.24) is 15.2 Å². The van der Waals surface area contributed by atoms with Crippen molar-refractivity contribution in [1.29, 1.82) is 0 Å². The highest BCUT2D eigenvalue weighted by Gasteiger charge is 2.64. The van der Waals surface area contributed by atoms with Gasteiger partial charge in [0, 0.05) is 79.1 Å². The fourth-order valence-corrected chi connectivity index (χ4v) is 12.4. The number of carbonyl (C=O) groups is 2. The van der Waals surface area contributed by atoms with Gasteiger partial charge in [-0.1, -0.05) is 51.5 Å². The fraction of sp³-hybridized carbons (Fsp3) is 0.488. The number of ether oxygens (including phenoxy) is 2. The summed E-state index contributed by atoms with van der Waals surface area (Å²) in [4.78, 5) is 47.8. The molecule has 57 heavy (non-hydrogen) atoms. The predicted molar refractivity (Wildman–Crippen MR) is 222 cm³/mol. The molecule has 8 rings (SSSR count). The first-order chi connectivity index (χ1) is 27.4. The lowest BCUT2D eigenvalue weighted by molar-refractivity contribution is -0.183. The second kappa shape index (κ2) is 15.6. The number of pyridine rings is 1. The lowest BCUT2D eigenvalue weighted by Gasteiger charge is -2.55. The molecule has 2 aromatic heterocycles. The number of allylic oxidation sites excluding steroid dienone is 1. The fourth-order valence-electron chi connectivity index (χ4n) is 9.51. The molecule has 1 spiro atoms. The van der Waals surface area contributed by atoms with Crippen molar-refractivity contribution in [3.63, 3.8) is 0 Å². The Labute approximate surface area is 339 Å². The number of esters is 1. The molecule has 3 aromatic rings. The highest BCUT2D eigenvalue weighted by atomic mass is 33.1. The first-order valence-electron chi connectivity index (χ1n) is 19.7. The van der Waals surface area contributed by atoms with Gasteiger partial charge in [0.15, 0.2) is 11.2 Å². The van der Waals surface area contributed by atoms with Crippen LogP contribution in [0.25, 0.3) is 11.0 Å². The van der Waals surface area contributed by atoms with E-state index in [0.29, 0.717) is 71.2 Å². The zero-order valence-corrected chi connectivity index (χ0v) is 34.3. The molecule has 1 saturated heterocycles. The van der Waals surface area contributed by atoms with Gasteiger partial charge >= 0.3 is 11.6 Å². The third kappa shape index (κ3) is 6.90. The minimum Gasteiger partial charge on any atom is -0.481 e. The molecule has 5 heterocycles. The summed E-state index contributed by atoms with van der Waals surface area (Å²) in [6.07, 6.45) is 11.5. The third-order valence-electron chi connectivity index (χ3n) is 12.9. The molecule has 0 bridgehead atoms. The van der Waals surface area contributed by atoms with Crippen LogP contribution in [0.1, 0.15) is 61.8 Å². The maximum Gasteiger partial charge on any atom is 0.339 e. The van der Waals surface area contributed by atoms with Crippen LogP contribution in [0.15, 0.2) is 75.1 Å². The van der Waals surface area contributed by atoms with Gasteiger partial charge in [0.1, 0.15) is 17.2 Å². The van der Waals surface area contributed by atoms with Crippen molar-refractivity contribution in [3.05, 3.63) is 98.6 Å². The summed E-state index contributed by atoms with van der Waals surface area (Å²) in [7, 11) is 5.50. The van der Waals surface area contributed by atoms with Crippen molar-refractivity contribution in [2.75, 3.05) is 38.3 Å². The summed E-state index contributed by atoms with van der Waals surface area (Å²) in [6, 6.07) is 7.62. The Balaban J connectivity index is 1.26. The molecular weight excluding hydrogens is 765 g/mol. The molecule has 8 atom stereocenters. The first-order valence-corrected chi connectivity index (χ1v) is 22.0. The van der Waals surface area contributed by atoms with E-state index >= 15 is 0 Å². The van der Waals surface area contributed by atoms with Crippen LogP contribution in [0.3, 0.4) is 0 Å². The largest absolute Gasteiger partial charge is 0.481 e. The topological polar surface area (TPSA) is 177 Å². The Kier molecular flexibility index (Phi) is 10.9. The van der Waals surface area contributed by atoms with E-state index in [1.54, 1.807) is 59.8 Å². The van der Waals surface area contributed by atoms with Gasteiger partial charge in [-0.3, -0.25) is 4.79 Å². The van der Waals surface area contributed by atoms with E-state index in [0.717, 1.165) is 22.3 Å². The van der Waals surface area contributed by atoms with Crippen LogP contribution in [0.4, 0.5) is 5.82 Å². The minimum absolute atomic E-state index is 0.0221. The molecule has 0 saturated carbocycles. The predicted octanol–water partition coefficient (Wildman–Crippen LogP) is 4.65. The molecule has 14 heteroatoms. The van der Waals surface area contributed by atoms with Crippen molar-refractivity contribution in [2.45, 2.75) is 87.3 Å². The maximum atomic E-state index is 14.3. The second-order valence-electron chi connectivity index (χ2n) is 16.2. The van der Waals surface area contributed by atoms with E-state index in [2.05, 4.69) is 28.5 Å². The summed E-state index contributed by atoms with van der Waals surface area (Å²) in [5, 5.41) is 23.6. The lowest BCUT2D eigenvalue weighted by atomic mass is 9.61. The summed E-state index contributed by atoms with van der Waals surface area (Å²) in [5.41, 5.74) is 8.21. The number of benzene rings is 1. The van der Waals surface area contributed by atoms with Crippen molar-refractivity contribution < 1.29 is 33.7 Å². The van der Waals surface area contributed by atoms with Gasteiger partial charge in [0.25, 0.3) is 0 Å². The van der Waals surface area contributed by atoms with Crippen LogP contribution in [0.5, 0.6) is 5.75 Å². The highest BCUT2D eigenvalue weighted by Crippen LogP contribution is 2.59. The number of aromatic nitrogens is 1. The summed E-state index contributed by atoms with van der Waals surface area (Å²) in [6.45, 7) is 5.84. The van der Waals surface area contributed by atoms with Gasteiger partial charge in [0.2, 0.25) is 5.91 Å². The zero-order chi connectivity index (χ0) is 40.2. The van der Waals surface area contributed by atoms with E-state index in [9.17, 15) is 24.6 Å². The number of nitrogens with two attached hydrogens (primary N) is 1. The van der Waals surface area contributed by atoms with E-state index in [-0.39, 0.29) is 55.2 Å². The number of nitrogen functional groups attached to an aromatic ring is 1. The number of likely N-dealkylation sites (N-methyl/N-ethyl adjacent to an activating group) is 1. The molecule has 12 nitrogen and oxygen atoms in total. The van der Waals surface area contributed by atoms with Gasteiger partial charge in [0.05, 0.1) is 23.6 Å². The smallest absolute Gasteiger partial charge is 0.339 e. The zero-order valence-electron chi connectivity index (χ0n) is 32.7. The van der Waals surface area contributed by atoms with Crippen molar-refractivity contribution >= 4 is 50.3 Å². The quantitative estimate of drug-likeness (QED) is 0.0814. The standard InChI is InChI=1S/C43H50N4O8S2/c1-5-23(2)40(51)55-42(3)10-8-25-22-56-57-35-7-6-32(45-4)31-20-47(39(31)35)37(50)15-29-19-46-36(44)16-30(29)38(25)43(42)18-28-14-26-13-27(12-24(21-49)9-11-48)41(52)53-33(26)17-34(28)54-43/h5-8,13-14,16-17,19,24,31-32,35,38-39,45,48-49H,9-12,15,18,20-22H2,1-4H3,(H2,44,46)/b23-5+/t24-,31-,32+,35-,38+,39-,42-,43-/m1/s1. The van der Waals surface area contributed by atoms with Crippen molar-refractivity contribution in [3.8, 4) is 5.75 Å². The van der Waals surface area contributed by atoms with Gasteiger partial charge in [-0.2, -0.15) is 0 Å². The summed E-state index contributed by atoms with van der Waals surface area (Å²) < 4.78 is 19.7.